The molecule has 0 bridgehead atoms. The number of benzene rings is 2. The molecule has 0 saturated heterocycles. The molecule has 0 N–H and O–H groups in total. The minimum Gasteiger partial charge on any atom is -0.227 e. The largest absolute Gasteiger partial charge is 0.227 e. The number of rotatable bonds is 5. The van der Waals surface area contributed by atoms with Crippen molar-refractivity contribution in [3.05, 3.63) is 76.8 Å². The first-order valence-corrected chi connectivity index (χ1v) is 9.22. The van der Waals surface area contributed by atoms with Crippen molar-refractivity contribution < 1.29 is 4.39 Å². The predicted octanol–water partition coefficient (Wildman–Crippen LogP) is 4.35. The molecule has 0 saturated carbocycles. The van der Waals surface area contributed by atoms with Crippen LogP contribution in [0.4, 0.5) is 4.39 Å². The van der Waals surface area contributed by atoms with Gasteiger partial charge in [0.2, 0.25) is 0 Å². The SMILES string of the molecule is Fc1ccc(Cn2nnc3c(SCc4ccccc4Cl)ncnc32)cc1. The lowest BCUT2D eigenvalue weighted by atomic mass is 10.2. The molecular formula is C18H13ClFN5S. The van der Waals surface area contributed by atoms with Crippen LogP contribution in [0.15, 0.2) is 59.9 Å². The number of halogens is 2. The second-order valence-corrected chi connectivity index (χ2v) is 6.98. The predicted molar refractivity (Wildman–Crippen MR) is 99.6 cm³/mol. The average Bonchev–Trinajstić information content (AvgIpc) is 3.06. The Kier molecular flexibility index (Phi) is 4.81. The average molecular weight is 386 g/mol. The van der Waals surface area contributed by atoms with Crippen LogP contribution < -0.4 is 0 Å². The van der Waals surface area contributed by atoms with Crippen LogP contribution in [-0.4, -0.2) is 25.0 Å². The quantitative estimate of drug-likeness (QED) is 0.377. The van der Waals surface area contributed by atoms with Crippen LogP contribution in [0.5, 0.6) is 0 Å². The number of hydrogen-bond donors (Lipinski definition) is 0. The maximum atomic E-state index is 13.1. The van der Waals surface area contributed by atoms with Gasteiger partial charge in [-0.1, -0.05) is 58.9 Å². The summed E-state index contributed by atoms with van der Waals surface area (Å²) < 4.78 is 14.7. The minimum atomic E-state index is -0.266. The first-order valence-electron chi connectivity index (χ1n) is 7.85. The lowest BCUT2D eigenvalue weighted by Crippen LogP contribution is -2.03. The van der Waals surface area contributed by atoms with E-state index < -0.39 is 0 Å². The van der Waals surface area contributed by atoms with Crippen LogP contribution in [0.2, 0.25) is 5.02 Å². The van der Waals surface area contributed by atoms with Gasteiger partial charge in [-0.25, -0.2) is 19.0 Å². The standard InChI is InChI=1S/C18H13ClFN5S/c19-15-4-2-1-3-13(15)10-26-18-16-17(21-11-22-18)25(24-23-16)9-12-5-7-14(20)8-6-12/h1-8,11H,9-10H2. The van der Waals surface area contributed by atoms with Crippen LogP contribution in [0.3, 0.4) is 0 Å². The van der Waals surface area contributed by atoms with Gasteiger partial charge in [-0.05, 0) is 29.3 Å². The molecular weight excluding hydrogens is 373 g/mol. The van der Waals surface area contributed by atoms with Crippen LogP contribution in [0.1, 0.15) is 11.1 Å². The summed E-state index contributed by atoms with van der Waals surface area (Å²) in [5, 5.41) is 9.88. The van der Waals surface area contributed by atoms with Crippen molar-refractivity contribution in [1.29, 1.82) is 0 Å². The Balaban J connectivity index is 1.58. The molecule has 4 aromatic rings. The second-order valence-electron chi connectivity index (χ2n) is 5.60. The topological polar surface area (TPSA) is 56.5 Å². The van der Waals surface area contributed by atoms with Gasteiger partial charge < -0.3 is 0 Å². The third kappa shape index (κ3) is 3.54. The van der Waals surface area contributed by atoms with Gasteiger partial charge >= 0.3 is 0 Å². The first kappa shape index (κ1) is 16.9. The highest BCUT2D eigenvalue weighted by Crippen LogP contribution is 2.28. The minimum absolute atomic E-state index is 0.266. The summed E-state index contributed by atoms with van der Waals surface area (Å²) in [5.41, 5.74) is 3.24. The van der Waals surface area contributed by atoms with Gasteiger partial charge in [-0.15, -0.1) is 5.10 Å². The lowest BCUT2D eigenvalue weighted by Gasteiger charge is -2.04. The third-order valence-corrected chi connectivity index (χ3v) is 5.23. The first-order chi connectivity index (χ1) is 12.7. The Bertz CT molecular complexity index is 1050. The zero-order valence-electron chi connectivity index (χ0n) is 13.5. The van der Waals surface area contributed by atoms with Crippen molar-refractivity contribution >= 4 is 34.5 Å². The van der Waals surface area contributed by atoms with Crippen LogP contribution in [0.25, 0.3) is 11.2 Å². The molecule has 2 aromatic heterocycles. The fraction of sp³-hybridized carbons (Fsp3) is 0.111. The van der Waals surface area contributed by atoms with Crippen molar-refractivity contribution in [2.24, 2.45) is 0 Å². The molecule has 130 valence electrons. The fourth-order valence-electron chi connectivity index (χ4n) is 2.51. The molecule has 0 spiro atoms. The molecule has 8 heteroatoms. The van der Waals surface area contributed by atoms with Gasteiger partial charge in [0, 0.05) is 10.8 Å². The highest BCUT2D eigenvalue weighted by atomic mass is 35.5. The Labute approximate surface area is 158 Å². The zero-order chi connectivity index (χ0) is 17.9. The number of fused-ring (bicyclic) bond motifs is 1. The van der Waals surface area contributed by atoms with Gasteiger partial charge in [0.15, 0.2) is 11.2 Å². The maximum Gasteiger partial charge on any atom is 0.183 e. The molecule has 0 radical (unpaired) electrons. The van der Waals surface area contributed by atoms with E-state index in [9.17, 15) is 4.39 Å². The van der Waals surface area contributed by atoms with E-state index in [0.717, 1.165) is 21.2 Å². The summed E-state index contributed by atoms with van der Waals surface area (Å²) in [4.78, 5) is 8.63. The third-order valence-electron chi connectivity index (χ3n) is 3.83. The van der Waals surface area contributed by atoms with Crippen LogP contribution in [-0.2, 0) is 12.3 Å². The summed E-state index contributed by atoms with van der Waals surface area (Å²) in [7, 11) is 0. The number of thioether (sulfide) groups is 1. The molecule has 0 fully saturated rings. The highest BCUT2D eigenvalue weighted by molar-refractivity contribution is 7.98. The van der Waals surface area contributed by atoms with Gasteiger partial charge in [0.25, 0.3) is 0 Å². The van der Waals surface area contributed by atoms with Gasteiger partial charge in [0.1, 0.15) is 17.2 Å². The number of nitrogens with zero attached hydrogens (tertiary/aromatic N) is 5. The molecule has 0 amide bonds. The molecule has 0 aliphatic heterocycles. The lowest BCUT2D eigenvalue weighted by molar-refractivity contribution is 0.623. The van der Waals surface area contributed by atoms with E-state index in [1.54, 1.807) is 16.8 Å². The van der Waals surface area contributed by atoms with Gasteiger partial charge in [-0.2, -0.15) is 0 Å². The highest BCUT2D eigenvalue weighted by Gasteiger charge is 2.13. The van der Waals surface area contributed by atoms with Crippen molar-refractivity contribution in [2.75, 3.05) is 0 Å². The van der Waals surface area contributed by atoms with E-state index in [0.29, 0.717) is 23.5 Å². The maximum absolute atomic E-state index is 13.1. The summed E-state index contributed by atoms with van der Waals surface area (Å²) in [6.45, 7) is 0.461. The molecule has 5 nitrogen and oxygen atoms in total. The molecule has 2 aromatic carbocycles. The van der Waals surface area contributed by atoms with Crippen LogP contribution >= 0.6 is 23.4 Å². The van der Waals surface area contributed by atoms with E-state index in [4.69, 9.17) is 11.6 Å². The van der Waals surface area contributed by atoms with Crippen molar-refractivity contribution in [2.45, 2.75) is 17.3 Å². The molecule has 0 unspecified atom stereocenters. The summed E-state index contributed by atoms with van der Waals surface area (Å²) in [6.07, 6.45) is 1.50. The molecule has 26 heavy (non-hydrogen) atoms. The second kappa shape index (κ2) is 7.39. The van der Waals surface area contributed by atoms with E-state index in [2.05, 4.69) is 20.3 Å². The van der Waals surface area contributed by atoms with E-state index in [1.807, 2.05) is 24.3 Å². The monoisotopic (exact) mass is 385 g/mol. The summed E-state index contributed by atoms with van der Waals surface area (Å²) in [5.74, 6) is 0.411. The Morgan fingerprint density at radius 3 is 2.65 bits per heavy atom. The van der Waals surface area contributed by atoms with Crippen molar-refractivity contribution in [3.63, 3.8) is 0 Å². The van der Waals surface area contributed by atoms with E-state index >= 15 is 0 Å². The summed E-state index contributed by atoms with van der Waals surface area (Å²) in [6, 6.07) is 14.0. The molecule has 0 aliphatic carbocycles. The molecule has 2 heterocycles. The molecule has 4 rings (SSSR count). The number of hydrogen-bond acceptors (Lipinski definition) is 5. The normalized spacial score (nSPS) is 11.2. The molecule has 0 aliphatic rings. The van der Waals surface area contributed by atoms with E-state index in [1.165, 1.54) is 30.2 Å². The van der Waals surface area contributed by atoms with Gasteiger partial charge in [-0.3, -0.25) is 0 Å². The Morgan fingerprint density at radius 1 is 1.04 bits per heavy atom. The Hall–Kier alpha value is -2.51. The van der Waals surface area contributed by atoms with Crippen molar-refractivity contribution in [1.82, 2.24) is 25.0 Å². The Morgan fingerprint density at radius 2 is 1.85 bits per heavy atom. The zero-order valence-corrected chi connectivity index (χ0v) is 15.1. The fourth-order valence-corrected chi connectivity index (χ4v) is 3.72. The van der Waals surface area contributed by atoms with E-state index in [-0.39, 0.29) is 5.82 Å². The number of aromatic nitrogens is 5. The molecule has 0 atom stereocenters. The van der Waals surface area contributed by atoms with Gasteiger partial charge in [0.05, 0.1) is 6.54 Å². The van der Waals surface area contributed by atoms with Crippen LogP contribution in [0, 0.1) is 5.82 Å². The summed E-state index contributed by atoms with van der Waals surface area (Å²) >= 11 is 7.75. The smallest absolute Gasteiger partial charge is 0.183 e. The van der Waals surface area contributed by atoms with Crippen molar-refractivity contribution in [3.8, 4) is 0 Å².